The smallest absolute Gasteiger partial charge is 0.262 e. The van der Waals surface area contributed by atoms with Crippen LogP contribution in [0.1, 0.15) is 11.3 Å². The second-order valence-corrected chi connectivity index (χ2v) is 7.24. The average molecular weight is 368 g/mol. The molecule has 0 spiro atoms. The van der Waals surface area contributed by atoms with Crippen LogP contribution >= 0.6 is 23.4 Å². The SMILES string of the molecule is Cc1ccc(Cl)cc1-c1ccc(/C=C2\Sc3ccccc3NC2=O)o1. The standard InChI is InChI=1S/C20H14ClNO2S/c1-12-6-7-13(21)10-15(12)17-9-8-14(24-17)11-19-20(23)22-16-4-2-3-5-18(16)25-19/h2-11H,1H3,(H,22,23)/b19-11-. The Labute approximate surface area is 154 Å². The molecule has 1 aliphatic heterocycles. The largest absolute Gasteiger partial charge is 0.457 e. The highest BCUT2D eigenvalue weighted by Crippen LogP contribution is 2.39. The normalized spacial score (nSPS) is 15.1. The van der Waals surface area contributed by atoms with E-state index in [1.165, 1.54) is 11.8 Å². The lowest BCUT2D eigenvalue weighted by atomic mass is 10.1. The van der Waals surface area contributed by atoms with Gasteiger partial charge in [-0.3, -0.25) is 4.79 Å². The summed E-state index contributed by atoms with van der Waals surface area (Å²) in [5, 5.41) is 3.56. The minimum absolute atomic E-state index is 0.124. The molecule has 0 saturated carbocycles. The predicted molar refractivity (Wildman–Crippen MR) is 103 cm³/mol. The quantitative estimate of drug-likeness (QED) is 0.565. The molecule has 4 rings (SSSR count). The summed E-state index contributed by atoms with van der Waals surface area (Å²) < 4.78 is 5.92. The first kappa shape index (κ1) is 16.1. The fourth-order valence-electron chi connectivity index (χ4n) is 2.67. The summed E-state index contributed by atoms with van der Waals surface area (Å²) in [6, 6.07) is 17.2. The van der Waals surface area contributed by atoms with Crippen LogP contribution in [0.5, 0.6) is 0 Å². The summed E-state index contributed by atoms with van der Waals surface area (Å²) in [4.78, 5) is 13.9. The van der Waals surface area contributed by atoms with Crippen molar-refractivity contribution in [3.05, 3.63) is 75.8 Å². The molecule has 3 aromatic rings. The van der Waals surface area contributed by atoms with Gasteiger partial charge in [0.25, 0.3) is 5.91 Å². The molecular formula is C20H14ClNO2S. The second kappa shape index (κ2) is 6.47. The fraction of sp³-hybridized carbons (Fsp3) is 0.0500. The van der Waals surface area contributed by atoms with E-state index in [1.54, 1.807) is 6.08 Å². The molecule has 3 nitrogen and oxygen atoms in total. The van der Waals surface area contributed by atoms with Gasteiger partial charge in [-0.05, 0) is 48.9 Å². The van der Waals surface area contributed by atoms with Crippen LogP contribution in [-0.4, -0.2) is 5.91 Å². The van der Waals surface area contributed by atoms with Gasteiger partial charge in [0.2, 0.25) is 0 Å². The molecule has 1 aromatic heterocycles. The molecule has 2 aromatic carbocycles. The first-order valence-corrected chi connectivity index (χ1v) is 8.96. The number of carbonyl (C=O) groups is 1. The summed E-state index contributed by atoms with van der Waals surface area (Å²) in [5.41, 5.74) is 2.87. The minimum Gasteiger partial charge on any atom is -0.457 e. The highest BCUT2D eigenvalue weighted by Gasteiger charge is 2.21. The Morgan fingerprint density at radius 2 is 1.96 bits per heavy atom. The van der Waals surface area contributed by atoms with Gasteiger partial charge in [-0.15, -0.1) is 0 Å². The van der Waals surface area contributed by atoms with Crippen molar-refractivity contribution < 1.29 is 9.21 Å². The monoisotopic (exact) mass is 367 g/mol. The van der Waals surface area contributed by atoms with E-state index in [1.807, 2.05) is 61.5 Å². The molecule has 1 N–H and O–H groups in total. The van der Waals surface area contributed by atoms with Gasteiger partial charge in [-0.2, -0.15) is 0 Å². The number of benzene rings is 2. The maximum Gasteiger partial charge on any atom is 0.262 e. The van der Waals surface area contributed by atoms with E-state index in [-0.39, 0.29) is 5.91 Å². The molecular weight excluding hydrogens is 354 g/mol. The number of hydrogen-bond acceptors (Lipinski definition) is 3. The van der Waals surface area contributed by atoms with Gasteiger partial charge in [0.15, 0.2) is 0 Å². The summed E-state index contributed by atoms with van der Waals surface area (Å²) in [5.74, 6) is 1.24. The number of furan rings is 1. The number of para-hydroxylation sites is 1. The van der Waals surface area contributed by atoms with E-state index in [4.69, 9.17) is 16.0 Å². The van der Waals surface area contributed by atoms with Crippen LogP contribution in [0.25, 0.3) is 17.4 Å². The van der Waals surface area contributed by atoms with Gasteiger partial charge >= 0.3 is 0 Å². The van der Waals surface area contributed by atoms with E-state index in [0.717, 1.165) is 27.5 Å². The molecule has 0 aliphatic carbocycles. The topological polar surface area (TPSA) is 42.2 Å². The Balaban J connectivity index is 1.66. The molecule has 25 heavy (non-hydrogen) atoms. The molecule has 0 bridgehead atoms. The molecule has 1 aliphatic rings. The summed E-state index contributed by atoms with van der Waals surface area (Å²) >= 11 is 7.52. The van der Waals surface area contributed by atoms with Crippen LogP contribution in [0.3, 0.4) is 0 Å². The molecule has 0 saturated heterocycles. The molecule has 1 amide bonds. The molecule has 2 heterocycles. The lowest BCUT2D eigenvalue weighted by Gasteiger charge is -2.17. The maximum absolute atomic E-state index is 12.3. The van der Waals surface area contributed by atoms with Crippen molar-refractivity contribution in [3.63, 3.8) is 0 Å². The Morgan fingerprint density at radius 1 is 1.12 bits per heavy atom. The minimum atomic E-state index is -0.124. The number of rotatable bonds is 2. The number of halogens is 1. The highest BCUT2D eigenvalue weighted by atomic mass is 35.5. The predicted octanol–water partition coefficient (Wildman–Crippen LogP) is 5.99. The lowest BCUT2D eigenvalue weighted by Crippen LogP contribution is -2.16. The van der Waals surface area contributed by atoms with Crippen molar-refractivity contribution in [3.8, 4) is 11.3 Å². The van der Waals surface area contributed by atoms with Crippen molar-refractivity contribution in [2.75, 3.05) is 5.32 Å². The van der Waals surface area contributed by atoms with Crippen LogP contribution < -0.4 is 5.32 Å². The highest BCUT2D eigenvalue weighted by molar-refractivity contribution is 8.04. The van der Waals surface area contributed by atoms with E-state index in [0.29, 0.717) is 15.7 Å². The van der Waals surface area contributed by atoms with Crippen molar-refractivity contribution >= 4 is 41.0 Å². The zero-order valence-electron chi connectivity index (χ0n) is 13.4. The third-order valence-corrected chi connectivity index (χ3v) is 5.28. The Kier molecular flexibility index (Phi) is 4.15. The number of carbonyl (C=O) groups excluding carboxylic acids is 1. The maximum atomic E-state index is 12.3. The first-order chi connectivity index (χ1) is 12.1. The van der Waals surface area contributed by atoms with Gasteiger partial charge in [-0.1, -0.05) is 41.6 Å². The molecule has 0 fully saturated rings. The lowest BCUT2D eigenvalue weighted by molar-refractivity contribution is -0.112. The number of thioether (sulfide) groups is 1. The number of hydrogen-bond donors (Lipinski definition) is 1. The van der Waals surface area contributed by atoms with Gasteiger partial charge in [-0.25, -0.2) is 0 Å². The second-order valence-electron chi connectivity index (χ2n) is 5.72. The third-order valence-electron chi connectivity index (χ3n) is 3.94. The third kappa shape index (κ3) is 3.23. The average Bonchev–Trinajstić information content (AvgIpc) is 3.06. The van der Waals surface area contributed by atoms with E-state index >= 15 is 0 Å². The van der Waals surface area contributed by atoms with Crippen LogP contribution in [0.2, 0.25) is 5.02 Å². The van der Waals surface area contributed by atoms with E-state index < -0.39 is 0 Å². The Bertz CT molecular complexity index is 1010. The van der Waals surface area contributed by atoms with Crippen molar-refractivity contribution in [2.24, 2.45) is 0 Å². The van der Waals surface area contributed by atoms with E-state index in [9.17, 15) is 4.79 Å². The van der Waals surface area contributed by atoms with Gasteiger partial charge < -0.3 is 9.73 Å². The molecule has 124 valence electrons. The first-order valence-electron chi connectivity index (χ1n) is 7.76. The van der Waals surface area contributed by atoms with Gasteiger partial charge in [0.05, 0.1) is 10.6 Å². The van der Waals surface area contributed by atoms with Gasteiger partial charge in [0.1, 0.15) is 11.5 Å². The molecule has 0 atom stereocenters. The summed E-state index contributed by atoms with van der Waals surface area (Å²) in [6.45, 7) is 2.01. The van der Waals surface area contributed by atoms with E-state index in [2.05, 4.69) is 5.32 Å². The van der Waals surface area contributed by atoms with Crippen molar-refractivity contribution in [2.45, 2.75) is 11.8 Å². The van der Waals surface area contributed by atoms with Crippen molar-refractivity contribution in [1.82, 2.24) is 0 Å². The van der Waals surface area contributed by atoms with Crippen LogP contribution in [0.4, 0.5) is 5.69 Å². The number of fused-ring (bicyclic) bond motifs is 1. The van der Waals surface area contributed by atoms with Crippen LogP contribution in [0, 0.1) is 6.92 Å². The van der Waals surface area contributed by atoms with Crippen LogP contribution in [-0.2, 0) is 4.79 Å². The summed E-state index contributed by atoms with van der Waals surface area (Å²) in [6.07, 6.45) is 1.76. The molecule has 0 radical (unpaired) electrons. The fourth-order valence-corrected chi connectivity index (χ4v) is 3.77. The zero-order chi connectivity index (χ0) is 17.4. The number of amides is 1. The molecule has 5 heteroatoms. The number of anilines is 1. The number of aryl methyl sites for hydroxylation is 1. The Hall–Kier alpha value is -2.43. The van der Waals surface area contributed by atoms with Crippen LogP contribution in [0.15, 0.2) is 68.8 Å². The Morgan fingerprint density at radius 3 is 2.84 bits per heavy atom. The summed E-state index contributed by atoms with van der Waals surface area (Å²) in [7, 11) is 0. The zero-order valence-corrected chi connectivity index (χ0v) is 14.9. The molecule has 0 unspecified atom stereocenters. The number of nitrogens with one attached hydrogen (secondary N) is 1. The van der Waals surface area contributed by atoms with Gasteiger partial charge in [0, 0.05) is 21.6 Å². The van der Waals surface area contributed by atoms with Crippen molar-refractivity contribution in [1.29, 1.82) is 0 Å².